The normalized spacial score (nSPS) is 19.4. The molecule has 1 aromatic heterocycles. The van der Waals surface area contributed by atoms with E-state index in [1.807, 2.05) is 51.2 Å². The average Bonchev–Trinajstić information content (AvgIpc) is 3.16. The maximum absolute atomic E-state index is 13.6. The first-order valence-electron chi connectivity index (χ1n) is 9.07. The highest BCUT2D eigenvalue weighted by molar-refractivity contribution is 7.97. The van der Waals surface area contributed by atoms with Crippen molar-refractivity contribution in [3.63, 3.8) is 0 Å². The monoisotopic (exact) mass is 422 g/mol. The molecule has 1 fully saturated rings. The van der Waals surface area contributed by atoms with E-state index in [2.05, 4.69) is 15.5 Å². The van der Waals surface area contributed by atoms with Crippen LogP contribution >= 0.6 is 23.5 Å². The van der Waals surface area contributed by atoms with Crippen molar-refractivity contribution in [1.29, 1.82) is 0 Å². The number of benzene rings is 2. The Morgan fingerprint density at radius 1 is 1.29 bits per heavy atom. The van der Waals surface area contributed by atoms with Crippen LogP contribution in [0.2, 0.25) is 5.02 Å². The molecule has 2 aromatic carbocycles. The molecule has 0 radical (unpaired) electrons. The van der Waals surface area contributed by atoms with Crippen LogP contribution in [0.4, 0.5) is 14.6 Å². The Morgan fingerprint density at radius 2 is 2.04 bits per heavy atom. The minimum atomic E-state index is -2.63. The van der Waals surface area contributed by atoms with Crippen LogP contribution in [-0.4, -0.2) is 40.1 Å². The van der Waals surface area contributed by atoms with E-state index < -0.39 is 5.92 Å². The van der Waals surface area contributed by atoms with Crippen molar-refractivity contribution in [3.8, 4) is 11.1 Å². The molecule has 2 heterocycles. The first-order chi connectivity index (χ1) is 13.3. The Morgan fingerprint density at radius 3 is 2.68 bits per heavy atom. The molecule has 8 heteroatoms. The number of rotatable bonds is 4. The molecule has 3 aromatic rings. The zero-order valence-corrected chi connectivity index (χ0v) is 17.4. The van der Waals surface area contributed by atoms with E-state index in [4.69, 9.17) is 11.6 Å². The first kappa shape index (κ1) is 19.5. The number of alkyl halides is 2. The number of aromatic amines is 1. The van der Waals surface area contributed by atoms with Gasteiger partial charge in [0.25, 0.3) is 5.92 Å². The highest BCUT2D eigenvalue weighted by Gasteiger charge is 2.43. The number of nitrogens with zero attached hydrogens (tertiary/aromatic N) is 2. The Bertz CT molecular complexity index is 1040. The molecule has 0 saturated carbocycles. The molecule has 1 aliphatic heterocycles. The zero-order valence-electron chi connectivity index (χ0n) is 15.8. The van der Waals surface area contributed by atoms with E-state index in [0.717, 1.165) is 38.3 Å². The summed E-state index contributed by atoms with van der Waals surface area (Å²) in [7, 11) is 1.84. The summed E-state index contributed by atoms with van der Waals surface area (Å²) in [4.78, 5) is 0.858. The van der Waals surface area contributed by atoms with Gasteiger partial charge in [0.2, 0.25) is 0 Å². The van der Waals surface area contributed by atoms with E-state index in [1.165, 1.54) is 11.9 Å². The number of hydrogen-bond donors (Lipinski definition) is 2. The largest absolute Gasteiger partial charge is 0.371 e. The van der Waals surface area contributed by atoms with Gasteiger partial charge >= 0.3 is 0 Å². The predicted octanol–water partition coefficient (Wildman–Crippen LogP) is 5.97. The van der Waals surface area contributed by atoms with Crippen molar-refractivity contribution >= 4 is 40.3 Å². The third-order valence-electron chi connectivity index (χ3n) is 5.15. The van der Waals surface area contributed by atoms with E-state index in [0.29, 0.717) is 5.02 Å². The smallest absolute Gasteiger partial charge is 0.263 e. The van der Waals surface area contributed by atoms with E-state index in [-0.39, 0.29) is 19.0 Å². The van der Waals surface area contributed by atoms with Gasteiger partial charge in [-0.3, -0.25) is 5.10 Å². The third-order valence-corrected chi connectivity index (χ3v) is 6.65. The minimum Gasteiger partial charge on any atom is -0.371 e. The SMILES string of the molecule is CNc1n[nH]c2ccc(-c3ccc(SN4CC(F)(F)CC4C)cc3Cl)c(C)c12. The van der Waals surface area contributed by atoms with Gasteiger partial charge < -0.3 is 5.32 Å². The summed E-state index contributed by atoms with van der Waals surface area (Å²) in [6.45, 7) is 3.63. The Kier molecular flexibility index (Phi) is 5.02. The lowest BCUT2D eigenvalue weighted by atomic mass is 9.97. The summed E-state index contributed by atoms with van der Waals surface area (Å²) in [6, 6.07) is 9.57. The van der Waals surface area contributed by atoms with Crippen molar-refractivity contribution in [2.45, 2.75) is 37.1 Å². The fourth-order valence-corrected chi connectivity index (χ4v) is 5.19. The number of halogens is 3. The molecule has 2 N–H and O–H groups in total. The maximum atomic E-state index is 13.6. The zero-order chi connectivity index (χ0) is 20.1. The van der Waals surface area contributed by atoms with Crippen LogP contribution in [0.15, 0.2) is 35.2 Å². The summed E-state index contributed by atoms with van der Waals surface area (Å²) in [5, 5.41) is 12.0. The molecule has 0 amide bonds. The lowest BCUT2D eigenvalue weighted by Gasteiger charge is -2.19. The average molecular weight is 423 g/mol. The van der Waals surface area contributed by atoms with Crippen LogP contribution in [0.1, 0.15) is 18.9 Å². The second kappa shape index (κ2) is 7.21. The van der Waals surface area contributed by atoms with Gasteiger partial charge in [-0.2, -0.15) is 5.10 Å². The van der Waals surface area contributed by atoms with Gasteiger partial charge in [-0.25, -0.2) is 13.1 Å². The third kappa shape index (κ3) is 3.47. The molecule has 0 bridgehead atoms. The van der Waals surface area contributed by atoms with Crippen molar-refractivity contribution in [1.82, 2.24) is 14.5 Å². The van der Waals surface area contributed by atoms with Gasteiger partial charge in [0.05, 0.1) is 12.1 Å². The van der Waals surface area contributed by atoms with E-state index >= 15 is 0 Å². The first-order valence-corrected chi connectivity index (χ1v) is 10.2. The molecule has 4 nitrogen and oxygen atoms in total. The second-order valence-corrected chi connectivity index (χ2v) is 8.73. The molecular formula is C20H21ClF2N4S. The van der Waals surface area contributed by atoms with Gasteiger partial charge in [-0.05, 0) is 55.1 Å². The molecule has 148 valence electrons. The van der Waals surface area contributed by atoms with Crippen molar-refractivity contribution in [3.05, 3.63) is 40.9 Å². The van der Waals surface area contributed by atoms with Gasteiger partial charge in [-0.1, -0.05) is 23.7 Å². The van der Waals surface area contributed by atoms with Crippen LogP contribution < -0.4 is 5.32 Å². The van der Waals surface area contributed by atoms with Crippen LogP contribution in [0, 0.1) is 6.92 Å². The number of H-pyrrole nitrogens is 1. The van der Waals surface area contributed by atoms with Crippen molar-refractivity contribution < 1.29 is 8.78 Å². The fourth-order valence-electron chi connectivity index (χ4n) is 3.77. The quantitative estimate of drug-likeness (QED) is 0.508. The number of hydrogen-bond acceptors (Lipinski definition) is 4. The van der Waals surface area contributed by atoms with Gasteiger partial charge in [0.1, 0.15) is 0 Å². The van der Waals surface area contributed by atoms with Crippen molar-refractivity contribution in [2.24, 2.45) is 0 Å². The van der Waals surface area contributed by atoms with E-state index in [9.17, 15) is 8.78 Å². The molecule has 1 atom stereocenters. The second-order valence-electron chi connectivity index (χ2n) is 7.20. The highest BCUT2D eigenvalue weighted by atomic mass is 35.5. The molecule has 1 unspecified atom stereocenters. The summed E-state index contributed by atoms with van der Waals surface area (Å²) in [5.41, 5.74) is 3.96. The highest BCUT2D eigenvalue weighted by Crippen LogP contribution is 2.41. The summed E-state index contributed by atoms with van der Waals surface area (Å²) < 4.78 is 29.0. The predicted molar refractivity (Wildman–Crippen MR) is 112 cm³/mol. The Balaban J connectivity index is 1.65. The number of anilines is 1. The van der Waals surface area contributed by atoms with Crippen molar-refractivity contribution in [2.75, 3.05) is 18.9 Å². The minimum absolute atomic E-state index is 0.108. The maximum Gasteiger partial charge on any atom is 0.263 e. The summed E-state index contributed by atoms with van der Waals surface area (Å²) in [6.07, 6.45) is -0.108. The standard InChI is InChI=1S/C20H21ClF2N4S/c1-11-9-20(22,23)10-27(11)28-13-4-5-15(16(21)8-13)14-6-7-17-18(12(14)2)19(24-3)26-25-17/h4-8,11H,9-10H2,1-3H3,(H2,24,25,26). The number of aryl methyl sites for hydroxylation is 1. The molecule has 0 aliphatic carbocycles. The molecule has 28 heavy (non-hydrogen) atoms. The summed E-state index contributed by atoms with van der Waals surface area (Å²) in [5.74, 6) is -1.83. The van der Waals surface area contributed by atoms with Gasteiger partial charge in [0.15, 0.2) is 5.82 Å². The molecule has 0 spiro atoms. The lowest BCUT2D eigenvalue weighted by Crippen LogP contribution is -2.21. The molecule has 4 rings (SSSR count). The van der Waals surface area contributed by atoms with E-state index in [1.54, 1.807) is 4.31 Å². The number of nitrogens with one attached hydrogen (secondary N) is 2. The topological polar surface area (TPSA) is 44.0 Å². The molecule has 1 saturated heterocycles. The van der Waals surface area contributed by atoms with Crippen LogP contribution in [0.3, 0.4) is 0 Å². The van der Waals surface area contributed by atoms with Gasteiger partial charge in [0, 0.05) is 40.4 Å². The summed E-state index contributed by atoms with van der Waals surface area (Å²) >= 11 is 7.93. The Hall–Kier alpha value is -1.83. The van der Waals surface area contributed by atoms with Crippen LogP contribution in [0.5, 0.6) is 0 Å². The number of aromatic nitrogens is 2. The molecular weight excluding hydrogens is 402 g/mol. The van der Waals surface area contributed by atoms with Crippen LogP contribution in [-0.2, 0) is 0 Å². The van der Waals surface area contributed by atoms with Crippen LogP contribution in [0.25, 0.3) is 22.0 Å². The Labute approximate surface area is 171 Å². The fraction of sp³-hybridized carbons (Fsp3) is 0.350. The number of fused-ring (bicyclic) bond motifs is 1. The van der Waals surface area contributed by atoms with Gasteiger partial charge in [-0.15, -0.1) is 0 Å². The molecule has 1 aliphatic rings. The lowest BCUT2D eigenvalue weighted by molar-refractivity contribution is 0.0179.